The van der Waals surface area contributed by atoms with E-state index in [4.69, 9.17) is 10.8 Å². The van der Waals surface area contributed by atoms with E-state index in [0.717, 1.165) is 0 Å². The van der Waals surface area contributed by atoms with E-state index in [0.29, 0.717) is 13.0 Å². The minimum Gasteiger partial charge on any atom is -0.480 e. The van der Waals surface area contributed by atoms with Crippen molar-refractivity contribution in [3.8, 4) is 0 Å². The zero-order valence-corrected chi connectivity index (χ0v) is 11.6. The number of hydrogen-bond acceptors (Lipinski definition) is 4. The third-order valence-electron chi connectivity index (χ3n) is 2.60. The number of nitrogens with two attached hydrogens (primary N) is 1. The summed E-state index contributed by atoms with van der Waals surface area (Å²) in [7, 11) is 0. The Balaban J connectivity index is 4.51. The van der Waals surface area contributed by atoms with Gasteiger partial charge >= 0.3 is 5.97 Å². The molecule has 0 radical (unpaired) electrons. The van der Waals surface area contributed by atoms with Crippen molar-refractivity contribution in [1.82, 2.24) is 10.6 Å². The third kappa shape index (κ3) is 6.76. The predicted molar refractivity (Wildman–Crippen MR) is 70.3 cm³/mol. The van der Waals surface area contributed by atoms with Crippen LogP contribution in [-0.4, -0.2) is 41.5 Å². The van der Waals surface area contributed by atoms with Crippen LogP contribution in [0.15, 0.2) is 0 Å². The molecule has 2 amide bonds. The summed E-state index contributed by atoms with van der Waals surface area (Å²) >= 11 is 0. The molecule has 0 bridgehead atoms. The summed E-state index contributed by atoms with van der Waals surface area (Å²) in [5.41, 5.74) is 5.30. The summed E-state index contributed by atoms with van der Waals surface area (Å²) in [6.45, 7) is 5.33. The Kier molecular flexibility index (Phi) is 7.74. The fourth-order valence-corrected chi connectivity index (χ4v) is 1.41. The molecule has 0 aromatic rings. The average molecular weight is 273 g/mol. The topological polar surface area (TPSA) is 122 Å². The Morgan fingerprint density at radius 3 is 2.16 bits per heavy atom. The van der Waals surface area contributed by atoms with Gasteiger partial charge in [-0.2, -0.15) is 0 Å². The maximum absolute atomic E-state index is 11.9. The number of rotatable bonds is 8. The fourth-order valence-electron chi connectivity index (χ4n) is 1.41. The van der Waals surface area contributed by atoms with E-state index in [1.165, 1.54) is 6.92 Å². The normalized spacial score (nSPS) is 13.7. The van der Waals surface area contributed by atoms with Gasteiger partial charge in [0.25, 0.3) is 0 Å². The zero-order valence-electron chi connectivity index (χ0n) is 11.6. The van der Waals surface area contributed by atoms with Gasteiger partial charge in [0, 0.05) is 6.42 Å². The van der Waals surface area contributed by atoms with Crippen LogP contribution in [0.4, 0.5) is 0 Å². The quantitative estimate of drug-likeness (QED) is 0.473. The number of carbonyl (C=O) groups excluding carboxylic acids is 2. The van der Waals surface area contributed by atoms with Gasteiger partial charge in [-0.3, -0.25) is 14.4 Å². The van der Waals surface area contributed by atoms with E-state index in [1.54, 1.807) is 13.8 Å². The molecule has 0 heterocycles. The Morgan fingerprint density at radius 1 is 1.16 bits per heavy atom. The molecule has 0 aromatic carbocycles. The highest BCUT2D eigenvalue weighted by Gasteiger charge is 2.26. The molecule has 2 atom stereocenters. The number of amides is 2. The standard InChI is InChI=1S/C12H23N3O4/c1-7(2)10(15-9(16)5-4-6-13)11(17)14-8(3)12(18)19/h7-8,10H,4-6,13H2,1-3H3,(H,14,17)(H,15,16)(H,18,19)/t8-,10-/m0/s1. The molecule has 0 fully saturated rings. The zero-order chi connectivity index (χ0) is 15.0. The van der Waals surface area contributed by atoms with Crippen LogP contribution in [0.3, 0.4) is 0 Å². The van der Waals surface area contributed by atoms with Gasteiger partial charge in [-0.15, -0.1) is 0 Å². The van der Waals surface area contributed by atoms with Crippen LogP contribution in [0, 0.1) is 5.92 Å². The van der Waals surface area contributed by atoms with Gasteiger partial charge in [0.2, 0.25) is 11.8 Å². The molecule has 7 nitrogen and oxygen atoms in total. The number of carbonyl (C=O) groups is 3. The molecular formula is C12H23N3O4. The van der Waals surface area contributed by atoms with Crippen molar-refractivity contribution in [2.24, 2.45) is 11.7 Å². The van der Waals surface area contributed by atoms with Crippen LogP contribution < -0.4 is 16.4 Å². The van der Waals surface area contributed by atoms with Crippen LogP contribution in [0.25, 0.3) is 0 Å². The van der Waals surface area contributed by atoms with Gasteiger partial charge in [0.15, 0.2) is 0 Å². The van der Waals surface area contributed by atoms with Crippen molar-refractivity contribution in [2.45, 2.75) is 45.7 Å². The first kappa shape index (κ1) is 17.4. The van der Waals surface area contributed by atoms with Crippen molar-refractivity contribution in [3.63, 3.8) is 0 Å². The van der Waals surface area contributed by atoms with Crippen molar-refractivity contribution >= 4 is 17.8 Å². The van der Waals surface area contributed by atoms with Gasteiger partial charge in [-0.25, -0.2) is 0 Å². The molecular weight excluding hydrogens is 250 g/mol. The molecule has 19 heavy (non-hydrogen) atoms. The van der Waals surface area contributed by atoms with Crippen LogP contribution in [0.1, 0.15) is 33.6 Å². The van der Waals surface area contributed by atoms with Gasteiger partial charge in [0.05, 0.1) is 0 Å². The monoisotopic (exact) mass is 273 g/mol. The van der Waals surface area contributed by atoms with E-state index < -0.39 is 24.0 Å². The minimum absolute atomic E-state index is 0.136. The van der Waals surface area contributed by atoms with Crippen molar-refractivity contribution in [3.05, 3.63) is 0 Å². The summed E-state index contributed by atoms with van der Waals surface area (Å²) < 4.78 is 0. The Morgan fingerprint density at radius 2 is 1.74 bits per heavy atom. The third-order valence-corrected chi connectivity index (χ3v) is 2.60. The van der Waals surface area contributed by atoms with E-state index in [-0.39, 0.29) is 18.2 Å². The van der Waals surface area contributed by atoms with Crippen LogP contribution in [0.5, 0.6) is 0 Å². The molecule has 0 aliphatic rings. The number of nitrogens with one attached hydrogen (secondary N) is 2. The maximum atomic E-state index is 11.9. The van der Waals surface area contributed by atoms with E-state index in [1.807, 2.05) is 0 Å². The largest absolute Gasteiger partial charge is 0.480 e. The second-order valence-electron chi connectivity index (χ2n) is 4.75. The molecule has 0 unspecified atom stereocenters. The SMILES string of the molecule is CC(C)[C@H](NC(=O)CCCN)C(=O)N[C@@H](C)C(=O)O. The highest BCUT2D eigenvalue weighted by atomic mass is 16.4. The fraction of sp³-hybridized carbons (Fsp3) is 0.750. The number of carboxylic acids is 1. The lowest BCUT2D eigenvalue weighted by molar-refractivity contribution is -0.142. The summed E-state index contributed by atoms with van der Waals surface area (Å²) in [6.07, 6.45) is 0.797. The summed E-state index contributed by atoms with van der Waals surface area (Å²) in [5, 5.41) is 13.7. The smallest absolute Gasteiger partial charge is 0.325 e. The first-order chi connectivity index (χ1) is 8.79. The molecule has 0 aliphatic heterocycles. The second-order valence-corrected chi connectivity index (χ2v) is 4.75. The van der Waals surface area contributed by atoms with Crippen LogP contribution >= 0.6 is 0 Å². The molecule has 110 valence electrons. The molecule has 0 spiro atoms. The molecule has 0 saturated carbocycles. The van der Waals surface area contributed by atoms with Crippen molar-refractivity contribution in [1.29, 1.82) is 0 Å². The molecule has 7 heteroatoms. The molecule has 5 N–H and O–H groups in total. The molecule has 0 aliphatic carbocycles. The average Bonchev–Trinajstić information content (AvgIpc) is 2.32. The Bertz CT molecular complexity index is 331. The highest BCUT2D eigenvalue weighted by Crippen LogP contribution is 2.03. The van der Waals surface area contributed by atoms with Gasteiger partial charge < -0.3 is 21.5 Å². The summed E-state index contributed by atoms with van der Waals surface area (Å²) in [6, 6.07) is -1.73. The van der Waals surface area contributed by atoms with E-state index >= 15 is 0 Å². The second kappa shape index (κ2) is 8.47. The van der Waals surface area contributed by atoms with Gasteiger partial charge in [-0.05, 0) is 25.8 Å². The summed E-state index contributed by atoms with van der Waals surface area (Å²) in [4.78, 5) is 34.1. The maximum Gasteiger partial charge on any atom is 0.325 e. The van der Waals surface area contributed by atoms with Crippen LogP contribution in [-0.2, 0) is 14.4 Å². The lowest BCUT2D eigenvalue weighted by Gasteiger charge is -2.22. The number of hydrogen-bond donors (Lipinski definition) is 4. The van der Waals surface area contributed by atoms with E-state index in [9.17, 15) is 14.4 Å². The molecule has 0 aromatic heterocycles. The lowest BCUT2D eigenvalue weighted by atomic mass is 10.0. The number of carboxylic acid groups (broad SMARTS) is 1. The van der Waals surface area contributed by atoms with Crippen LogP contribution in [0.2, 0.25) is 0 Å². The van der Waals surface area contributed by atoms with Gasteiger partial charge in [-0.1, -0.05) is 13.8 Å². The predicted octanol–water partition coefficient (Wildman–Crippen LogP) is -0.545. The van der Waals surface area contributed by atoms with Gasteiger partial charge in [0.1, 0.15) is 12.1 Å². The number of aliphatic carboxylic acids is 1. The Hall–Kier alpha value is -1.63. The first-order valence-electron chi connectivity index (χ1n) is 6.32. The minimum atomic E-state index is -1.12. The summed E-state index contributed by atoms with van der Waals surface area (Å²) in [5.74, 6) is -2.01. The van der Waals surface area contributed by atoms with Crippen molar-refractivity contribution in [2.75, 3.05) is 6.54 Å². The van der Waals surface area contributed by atoms with Crippen molar-refractivity contribution < 1.29 is 19.5 Å². The first-order valence-corrected chi connectivity index (χ1v) is 6.32. The van der Waals surface area contributed by atoms with E-state index in [2.05, 4.69) is 10.6 Å². The Labute approximate surface area is 112 Å². The highest BCUT2D eigenvalue weighted by molar-refractivity contribution is 5.90. The lowest BCUT2D eigenvalue weighted by Crippen LogP contribution is -2.53. The molecule has 0 rings (SSSR count). The molecule has 0 saturated heterocycles.